The number of aryl methyl sites for hydroxylation is 1. The second-order valence-corrected chi connectivity index (χ2v) is 3.87. The number of aromatic nitrogens is 2. The summed E-state index contributed by atoms with van der Waals surface area (Å²) in [6, 6.07) is 9.97. The smallest absolute Gasteiger partial charge is 0.223 e. The average Bonchev–Trinajstić information content (AvgIpc) is 2.38. The van der Waals surface area contributed by atoms with Gasteiger partial charge in [0.05, 0.1) is 12.3 Å². The molecule has 0 saturated carbocycles. The fourth-order valence-electron chi connectivity index (χ4n) is 1.46. The molecule has 1 heterocycles. The van der Waals surface area contributed by atoms with Gasteiger partial charge in [0.15, 0.2) is 0 Å². The number of anilines is 1. The van der Waals surface area contributed by atoms with Crippen LogP contribution in [-0.2, 0) is 13.2 Å². The Morgan fingerprint density at radius 1 is 1.18 bits per heavy atom. The molecular formula is C13H15N3O. The number of nitrogens with zero attached hydrogens (tertiary/aromatic N) is 2. The summed E-state index contributed by atoms with van der Waals surface area (Å²) in [6.45, 7) is 2.67. The second kappa shape index (κ2) is 5.41. The van der Waals surface area contributed by atoms with E-state index >= 15 is 0 Å². The average molecular weight is 229 g/mol. The molecule has 4 heteroatoms. The Balaban J connectivity index is 1.99. The zero-order chi connectivity index (χ0) is 12.1. The van der Waals surface area contributed by atoms with Crippen LogP contribution in [0.2, 0.25) is 0 Å². The molecule has 0 aliphatic heterocycles. The van der Waals surface area contributed by atoms with Gasteiger partial charge in [-0.15, -0.1) is 0 Å². The maximum Gasteiger partial charge on any atom is 0.223 e. The molecule has 0 aliphatic carbocycles. The molecule has 0 amide bonds. The van der Waals surface area contributed by atoms with Crippen molar-refractivity contribution >= 4 is 5.95 Å². The van der Waals surface area contributed by atoms with E-state index in [-0.39, 0.29) is 6.61 Å². The van der Waals surface area contributed by atoms with Gasteiger partial charge in [0.2, 0.25) is 5.95 Å². The van der Waals surface area contributed by atoms with Crippen LogP contribution in [0.1, 0.15) is 16.8 Å². The van der Waals surface area contributed by atoms with Gasteiger partial charge in [0.1, 0.15) is 0 Å². The minimum absolute atomic E-state index is 0.0677. The molecule has 2 N–H and O–H groups in total. The summed E-state index contributed by atoms with van der Waals surface area (Å²) < 4.78 is 0. The molecule has 0 spiro atoms. The van der Waals surface area contributed by atoms with Crippen molar-refractivity contribution in [2.24, 2.45) is 0 Å². The van der Waals surface area contributed by atoms with Crippen molar-refractivity contribution in [3.63, 3.8) is 0 Å². The molecule has 0 radical (unpaired) electrons. The van der Waals surface area contributed by atoms with Crippen molar-refractivity contribution in [2.45, 2.75) is 20.1 Å². The summed E-state index contributed by atoms with van der Waals surface area (Å²) in [7, 11) is 0. The van der Waals surface area contributed by atoms with E-state index in [9.17, 15) is 0 Å². The van der Waals surface area contributed by atoms with Crippen LogP contribution in [0.15, 0.2) is 36.5 Å². The highest BCUT2D eigenvalue weighted by Gasteiger charge is 1.98. The standard InChI is InChI=1S/C13H15N3O/c1-10-2-4-11(5-3-10)8-15-13-14-7-6-12(9-17)16-13/h2-7,17H,8-9H2,1H3,(H,14,15,16). The number of benzene rings is 1. The van der Waals surface area contributed by atoms with E-state index in [1.54, 1.807) is 12.3 Å². The Kier molecular flexibility index (Phi) is 3.67. The summed E-state index contributed by atoms with van der Waals surface area (Å²) >= 11 is 0. The minimum Gasteiger partial charge on any atom is -0.390 e. The van der Waals surface area contributed by atoms with Gasteiger partial charge in [-0.1, -0.05) is 29.8 Å². The van der Waals surface area contributed by atoms with Gasteiger partial charge < -0.3 is 10.4 Å². The molecular weight excluding hydrogens is 214 g/mol. The van der Waals surface area contributed by atoms with Crippen LogP contribution in [0.25, 0.3) is 0 Å². The molecule has 0 bridgehead atoms. The van der Waals surface area contributed by atoms with E-state index in [2.05, 4.69) is 46.5 Å². The highest BCUT2D eigenvalue weighted by molar-refractivity contribution is 5.29. The van der Waals surface area contributed by atoms with Crippen molar-refractivity contribution in [2.75, 3.05) is 5.32 Å². The van der Waals surface area contributed by atoms with Gasteiger partial charge in [0, 0.05) is 12.7 Å². The third kappa shape index (κ3) is 3.26. The Labute approximate surface area is 100 Å². The van der Waals surface area contributed by atoms with Gasteiger partial charge in [-0.3, -0.25) is 0 Å². The predicted molar refractivity (Wildman–Crippen MR) is 66.5 cm³/mol. The minimum atomic E-state index is -0.0677. The number of aliphatic hydroxyl groups is 1. The van der Waals surface area contributed by atoms with E-state index in [0.717, 1.165) is 0 Å². The molecule has 4 nitrogen and oxygen atoms in total. The Hall–Kier alpha value is -1.94. The first-order valence-electron chi connectivity index (χ1n) is 5.50. The van der Waals surface area contributed by atoms with Gasteiger partial charge in [-0.25, -0.2) is 9.97 Å². The number of hydrogen-bond donors (Lipinski definition) is 2. The number of aliphatic hydroxyl groups excluding tert-OH is 1. The van der Waals surface area contributed by atoms with Crippen LogP contribution in [0, 0.1) is 6.92 Å². The van der Waals surface area contributed by atoms with Gasteiger partial charge in [-0.05, 0) is 18.6 Å². The van der Waals surface area contributed by atoms with Gasteiger partial charge >= 0.3 is 0 Å². The van der Waals surface area contributed by atoms with Gasteiger partial charge in [-0.2, -0.15) is 0 Å². The Morgan fingerprint density at radius 3 is 2.65 bits per heavy atom. The monoisotopic (exact) mass is 229 g/mol. The molecule has 2 rings (SSSR count). The second-order valence-electron chi connectivity index (χ2n) is 3.87. The highest BCUT2D eigenvalue weighted by Crippen LogP contribution is 2.06. The molecule has 88 valence electrons. The van der Waals surface area contributed by atoms with E-state index in [1.807, 2.05) is 0 Å². The normalized spacial score (nSPS) is 10.2. The molecule has 17 heavy (non-hydrogen) atoms. The summed E-state index contributed by atoms with van der Waals surface area (Å²) in [5.41, 5.74) is 3.03. The van der Waals surface area contributed by atoms with Crippen molar-refractivity contribution in [3.8, 4) is 0 Å². The van der Waals surface area contributed by atoms with Crippen LogP contribution in [0.5, 0.6) is 0 Å². The molecule has 0 atom stereocenters. The first-order valence-corrected chi connectivity index (χ1v) is 5.50. The zero-order valence-corrected chi connectivity index (χ0v) is 9.72. The quantitative estimate of drug-likeness (QED) is 0.840. The van der Waals surface area contributed by atoms with E-state index in [4.69, 9.17) is 5.11 Å². The molecule has 0 fully saturated rings. The fourth-order valence-corrected chi connectivity index (χ4v) is 1.46. The van der Waals surface area contributed by atoms with Crippen LogP contribution < -0.4 is 5.32 Å². The van der Waals surface area contributed by atoms with Crippen molar-refractivity contribution in [3.05, 3.63) is 53.3 Å². The third-order valence-electron chi connectivity index (χ3n) is 2.45. The van der Waals surface area contributed by atoms with E-state index in [1.165, 1.54) is 11.1 Å². The van der Waals surface area contributed by atoms with E-state index < -0.39 is 0 Å². The lowest BCUT2D eigenvalue weighted by Gasteiger charge is -2.05. The Bertz CT molecular complexity index is 482. The topological polar surface area (TPSA) is 58.0 Å². The Morgan fingerprint density at radius 2 is 1.94 bits per heavy atom. The van der Waals surface area contributed by atoms with Crippen molar-refractivity contribution in [1.82, 2.24) is 9.97 Å². The third-order valence-corrected chi connectivity index (χ3v) is 2.45. The van der Waals surface area contributed by atoms with Crippen molar-refractivity contribution < 1.29 is 5.11 Å². The van der Waals surface area contributed by atoms with Crippen LogP contribution in [0.4, 0.5) is 5.95 Å². The summed E-state index contributed by atoms with van der Waals surface area (Å²) in [5, 5.41) is 12.1. The summed E-state index contributed by atoms with van der Waals surface area (Å²) in [5.74, 6) is 0.539. The van der Waals surface area contributed by atoms with Crippen molar-refractivity contribution in [1.29, 1.82) is 0 Å². The number of nitrogens with one attached hydrogen (secondary N) is 1. The highest BCUT2D eigenvalue weighted by atomic mass is 16.3. The molecule has 2 aromatic rings. The van der Waals surface area contributed by atoms with E-state index in [0.29, 0.717) is 18.2 Å². The number of hydrogen-bond acceptors (Lipinski definition) is 4. The fraction of sp³-hybridized carbons (Fsp3) is 0.231. The summed E-state index contributed by atoms with van der Waals surface area (Å²) in [6.07, 6.45) is 1.63. The molecule has 1 aromatic heterocycles. The molecule has 0 unspecified atom stereocenters. The maximum absolute atomic E-state index is 8.96. The molecule has 1 aromatic carbocycles. The lowest BCUT2D eigenvalue weighted by molar-refractivity contribution is 0.277. The first-order chi connectivity index (χ1) is 8.28. The lowest BCUT2D eigenvalue weighted by Crippen LogP contribution is -2.04. The van der Waals surface area contributed by atoms with Crippen LogP contribution >= 0.6 is 0 Å². The lowest BCUT2D eigenvalue weighted by atomic mass is 10.1. The SMILES string of the molecule is Cc1ccc(CNc2nccc(CO)n2)cc1. The molecule has 0 saturated heterocycles. The molecule has 0 aliphatic rings. The first kappa shape index (κ1) is 11.5. The van der Waals surface area contributed by atoms with Gasteiger partial charge in [0.25, 0.3) is 0 Å². The van der Waals surface area contributed by atoms with Crippen LogP contribution in [0.3, 0.4) is 0 Å². The summed E-state index contributed by atoms with van der Waals surface area (Å²) in [4.78, 5) is 8.24. The zero-order valence-electron chi connectivity index (χ0n) is 9.72. The maximum atomic E-state index is 8.96. The predicted octanol–water partition coefficient (Wildman–Crippen LogP) is 1.89. The number of rotatable bonds is 4. The largest absolute Gasteiger partial charge is 0.390 e. The van der Waals surface area contributed by atoms with Crippen LogP contribution in [-0.4, -0.2) is 15.1 Å².